The van der Waals surface area contributed by atoms with Crippen LogP contribution in [0.15, 0.2) is 30.5 Å². The third-order valence-corrected chi connectivity index (χ3v) is 3.43. The molecule has 1 aromatic heterocycles. The zero-order valence-electron chi connectivity index (χ0n) is 11.6. The highest BCUT2D eigenvalue weighted by molar-refractivity contribution is 7.16. The molecule has 0 saturated carbocycles. The van der Waals surface area contributed by atoms with Gasteiger partial charge in [0.1, 0.15) is 0 Å². The Morgan fingerprint density at radius 2 is 2.14 bits per heavy atom. The highest BCUT2D eigenvalue weighted by Gasteiger charge is 2.04. The van der Waals surface area contributed by atoms with E-state index in [0.29, 0.717) is 10.7 Å². The normalized spacial score (nSPS) is 10.6. The van der Waals surface area contributed by atoms with Crippen molar-refractivity contribution < 1.29 is 14.3 Å². The molecule has 0 radical (unpaired) electrons. The van der Waals surface area contributed by atoms with E-state index in [1.54, 1.807) is 24.4 Å². The lowest BCUT2D eigenvalue weighted by atomic mass is 10.1. The minimum atomic E-state index is -0.365. The molecule has 0 unspecified atom stereocenters. The minimum Gasteiger partial charge on any atom is -0.465 e. The third-order valence-electron chi connectivity index (χ3n) is 2.55. The van der Waals surface area contributed by atoms with Crippen LogP contribution in [0.4, 0.5) is 5.13 Å². The van der Waals surface area contributed by atoms with Gasteiger partial charge in [-0.1, -0.05) is 29.5 Å². The number of carbonyl (C=O) groups is 2. The Balaban J connectivity index is 2.12. The fourth-order valence-corrected chi connectivity index (χ4v) is 2.40. The summed E-state index contributed by atoms with van der Waals surface area (Å²) >= 11 is 1.37. The summed E-state index contributed by atoms with van der Waals surface area (Å²) in [5.41, 5.74) is 1.38. The van der Waals surface area contributed by atoms with E-state index in [1.165, 1.54) is 25.4 Å². The van der Waals surface area contributed by atoms with Gasteiger partial charge in [-0.2, -0.15) is 0 Å². The van der Waals surface area contributed by atoms with Gasteiger partial charge in [-0.3, -0.25) is 4.79 Å². The van der Waals surface area contributed by atoms with E-state index in [9.17, 15) is 9.59 Å². The molecule has 0 atom stereocenters. The smallest absolute Gasteiger partial charge is 0.337 e. The second kappa shape index (κ2) is 6.81. The number of nitrogens with one attached hydrogen (secondary N) is 1. The molecule has 6 heteroatoms. The fraction of sp³-hybridized carbons (Fsp3) is 0.133. The number of thiazole rings is 1. The molecule has 1 amide bonds. The van der Waals surface area contributed by atoms with Crippen molar-refractivity contribution in [3.63, 3.8) is 0 Å². The van der Waals surface area contributed by atoms with E-state index in [1.807, 2.05) is 18.2 Å². The monoisotopic (exact) mass is 302 g/mol. The van der Waals surface area contributed by atoms with Crippen LogP contribution < -0.4 is 5.32 Å². The molecule has 5 nitrogen and oxygen atoms in total. The summed E-state index contributed by atoms with van der Waals surface area (Å²) in [7, 11) is 1.35. The molecule has 1 heterocycles. The maximum Gasteiger partial charge on any atom is 0.337 e. The number of esters is 1. The number of amides is 1. The number of benzene rings is 1. The number of rotatable bonds is 4. The lowest BCUT2D eigenvalue weighted by Crippen LogP contribution is -2.04. The molecule has 0 aliphatic carbocycles. The van der Waals surface area contributed by atoms with Crippen molar-refractivity contribution >= 4 is 40.5 Å². The summed E-state index contributed by atoms with van der Waals surface area (Å²) in [6.45, 7) is 1.44. The van der Waals surface area contributed by atoms with Crippen LogP contribution in [0.5, 0.6) is 0 Å². The number of carbonyl (C=O) groups excluding carboxylic acids is 2. The molecule has 2 rings (SSSR count). The molecular weight excluding hydrogens is 288 g/mol. The molecule has 0 bridgehead atoms. The van der Waals surface area contributed by atoms with Gasteiger partial charge >= 0.3 is 5.97 Å². The highest BCUT2D eigenvalue weighted by Crippen LogP contribution is 2.20. The SMILES string of the molecule is COC(=O)c1cccc(/C=C/c2cnc(NC(C)=O)s2)c1. The molecule has 0 aliphatic heterocycles. The van der Waals surface area contributed by atoms with Gasteiger partial charge in [-0.25, -0.2) is 9.78 Å². The van der Waals surface area contributed by atoms with Gasteiger partial charge in [0.25, 0.3) is 0 Å². The summed E-state index contributed by atoms with van der Waals surface area (Å²) in [5.74, 6) is -0.512. The Labute approximate surface area is 126 Å². The molecule has 0 aliphatic rings. The molecule has 0 saturated heterocycles. The molecule has 1 aromatic carbocycles. The maximum absolute atomic E-state index is 11.5. The van der Waals surface area contributed by atoms with E-state index < -0.39 is 0 Å². The number of ether oxygens (including phenoxy) is 1. The number of hydrogen-bond acceptors (Lipinski definition) is 5. The Morgan fingerprint density at radius 1 is 1.33 bits per heavy atom. The van der Waals surface area contributed by atoms with Crippen LogP contribution >= 0.6 is 11.3 Å². The van der Waals surface area contributed by atoms with Crippen LogP contribution in [-0.2, 0) is 9.53 Å². The quantitative estimate of drug-likeness (QED) is 0.881. The minimum absolute atomic E-state index is 0.148. The van der Waals surface area contributed by atoms with E-state index in [2.05, 4.69) is 15.0 Å². The molecule has 2 aromatic rings. The molecule has 108 valence electrons. The fourth-order valence-electron chi connectivity index (χ4n) is 1.64. The molecular formula is C15H14N2O3S. The van der Waals surface area contributed by atoms with Crippen molar-refractivity contribution in [1.82, 2.24) is 4.98 Å². The lowest BCUT2D eigenvalue weighted by molar-refractivity contribution is -0.114. The zero-order valence-corrected chi connectivity index (χ0v) is 12.4. The van der Waals surface area contributed by atoms with E-state index in [-0.39, 0.29) is 11.9 Å². The van der Waals surface area contributed by atoms with Crippen molar-refractivity contribution in [2.75, 3.05) is 12.4 Å². The number of methoxy groups -OCH3 is 1. The van der Waals surface area contributed by atoms with Crippen molar-refractivity contribution in [2.45, 2.75) is 6.92 Å². The first kappa shape index (κ1) is 14.9. The summed E-state index contributed by atoms with van der Waals surface area (Å²) in [6.07, 6.45) is 5.42. The van der Waals surface area contributed by atoms with Gasteiger partial charge in [-0.05, 0) is 23.8 Å². The first-order valence-corrected chi connectivity index (χ1v) is 7.00. The second-order valence-electron chi connectivity index (χ2n) is 4.20. The topological polar surface area (TPSA) is 68.3 Å². The van der Waals surface area contributed by atoms with E-state index in [0.717, 1.165) is 10.4 Å². The van der Waals surface area contributed by atoms with Crippen LogP contribution in [0.2, 0.25) is 0 Å². The van der Waals surface area contributed by atoms with Gasteiger partial charge in [0, 0.05) is 18.0 Å². The number of aromatic nitrogens is 1. The highest BCUT2D eigenvalue weighted by atomic mass is 32.1. The standard InChI is InChI=1S/C15H14N2O3S/c1-10(18)17-15-16-9-13(21-15)7-6-11-4-3-5-12(8-11)14(19)20-2/h3-9H,1-2H3,(H,16,17,18)/b7-6+. The largest absolute Gasteiger partial charge is 0.465 e. The molecule has 1 N–H and O–H groups in total. The predicted octanol–water partition coefficient (Wildman–Crippen LogP) is 3.06. The Kier molecular flexibility index (Phi) is 4.84. The molecule has 0 spiro atoms. The Hall–Kier alpha value is -2.47. The van der Waals surface area contributed by atoms with Gasteiger partial charge < -0.3 is 10.1 Å². The van der Waals surface area contributed by atoms with Crippen molar-refractivity contribution in [2.24, 2.45) is 0 Å². The van der Waals surface area contributed by atoms with Crippen LogP contribution in [0, 0.1) is 0 Å². The molecule has 21 heavy (non-hydrogen) atoms. The first-order chi connectivity index (χ1) is 10.1. The van der Waals surface area contributed by atoms with Crippen LogP contribution in [-0.4, -0.2) is 24.0 Å². The van der Waals surface area contributed by atoms with Crippen molar-refractivity contribution in [3.05, 3.63) is 46.5 Å². The Bertz CT molecular complexity index is 692. The summed E-state index contributed by atoms with van der Waals surface area (Å²) in [5, 5.41) is 3.19. The average Bonchev–Trinajstić information content (AvgIpc) is 2.91. The second-order valence-corrected chi connectivity index (χ2v) is 5.26. The van der Waals surface area contributed by atoms with Crippen LogP contribution in [0.1, 0.15) is 27.7 Å². The van der Waals surface area contributed by atoms with Crippen molar-refractivity contribution in [3.8, 4) is 0 Å². The van der Waals surface area contributed by atoms with Gasteiger partial charge in [0.05, 0.1) is 12.7 Å². The van der Waals surface area contributed by atoms with Gasteiger partial charge in [0.2, 0.25) is 5.91 Å². The summed E-state index contributed by atoms with van der Waals surface area (Å²) < 4.78 is 4.68. The van der Waals surface area contributed by atoms with E-state index in [4.69, 9.17) is 0 Å². The molecule has 0 fully saturated rings. The van der Waals surface area contributed by atoms with E-state index >= 15 is 0 Å². The van der Waals surface area contributed by atoms with Crippen molar-refractivity contribution in [1.29, 1.82) is 0 Å². The number of nitrogens with zero attached hydrogens (tertiary/aromatic N) is 1. The third kappa shape index (κ3) is 4.25. The Morgan fingerprint density at radius 3 is 2.86 bits per heavy atom. The van der Waals surface area contributed by atoms with Crippen LogP contribution in [0.25, 0.3) is 12.2 Å². The lowest BCUT2D eigenvalue weighted by Gasteiger charge is -1.99. The first-order valence-electron chi connectivity index (χ1n) is 6.18. The average molecular weight is 302 g/mol. The predicted molar refractivity (Wildman–Crippen MR) is 83.1 cm³/mol. The summed E-state index contributed by atoms with van der Waals surface area (Å²) in [6, 6.07) is 7.13. The number of hydrogen-bond donors (Lipinski definition) is 1. The maximum atomic E-state index is 11.5. The van der Waals surface area contributed by atoms with Crippen LogP contribution in [0.3, 0.4) is 0 Å². The van der Waals surface area contributed by atoms with Gasteiger partial charge in [-0.15, -0.1) is 0 Å². The van der Waals surface area contributed by atoms with Gasteiger partial charge in [0.15, 0.2) is 5.13 Å². The summed E-state index contributed by atoms with van der Waals surface area (Å²) in [4.78, 5) is 27.4. The number of anilines is 1. The zero-order chi connectivity index (χ0) is 15.2.